The highest BCUT2D eigenvalue weighted by molar-refractivity contribution is 6.04. The first-order valence-corrected chi connectivity index (χ1v) is 5.52. The molecule has 5 nitrogen and oxygen atoms in total. The molecular formula is C12H13FN2O3. The van der Waals surface area contributed by atoms with Crippen LogP contribution in [0.1, 0.15) is 12.5 Å². The molecule has 1 atom stereocenters. The summed E-state index contributed by atoms with van der Waals surface area (Å²) in [4.78, 5) is 24.2. The standard InChI is InChI=1S/C12H13FN2O3/c1-7-12(18)14-11(17)5-15(7)10-3-2-8(6-16)4-9(10)13/h2-4,7,16H,5-6H2,1H3,(H,14,17,18). The van der Waals surface area contributed by atoms with Gasteiger partial charge in [-0.25, -0.2) is 4.39 Å². The molecule has 1 heterocycles. The predicted molar refractivity (Wildman–Crippen MR) is 62.3 cm³/mol. The molecule has 0 aromatic heterocycles. The monoisotopic (exact) mass is 252 g/mol. The molecule has 1 aliphatic heterocycles. The molecule has 2 rings (SSSR count). The quantitative estimate of drug-likeness (QED) is 0.736. The zero-order valence-electron chi connectivity index (χ0n) is 9.81. The number of hydrogen-bond donors (Lipinski definition) is 2. The molecule has 1 unspecified atom stereocenters. The lowest BCUT2D eigenvalue weighted by Crippen LogP contribution is -2.57. The predicted octanol–water partition coefficient (Wildman–Crippen LogP) is 0.169. The molecule has 1 fully saturated rings. The van der Waals surface area contributed by atoms with Crippen LogP contribution in [-0.2, 0) is 16.2 Å². The Morgan fingerprint density at radius 2 is 2.22 bits per heavy atom. The molecule has 1 aromatic rings. The molecule has 1 aromatic carbocycles. The van der Waals surface area contributed by atoms with Crippen molar-refractivity contribution < 1.29 is 19.1 Å². The van der Waals surface area contributed by atoms with E-state index in [9.17, 15) is 14.0 Å². The number of imide groups is 1. The van der Waals surface area contributed by atoms with Crippen LogP contribution in [0.15, 0.2) is 18.2 Å². The summed E-state index contributed by atoms with van der Waals surface area (Å²) in [6.45, 7) is 1.27. The van der Waals surface area contributed by atoms with E-state index >= 15 is 0 Å². The summed E-state index contributed by atoms with van der Waals surface area (Å²) < 4.78 is 13.9. The Labute approximate surface area is 103 Å². The number of halogens is 1. The van der Waals surface area contributed by atoms with Gasteiger partial charge in [0.15, 0.2) is 0 Å². The van der Waals surface area contributed by atoms with E-state index in [1.165, 1.54) is 17.0 Å². The summed E-state index contributed by atoms with van der Waals surface area (Å²) in [6, 6.07) is 3.60. The lowest BCUT2D eigenvalue weighted by molar-refractivity contribution is -0.132. The van der Waals surface area contributed by atoms with Crippen molar-refractivity contribution in [3.05, 3.63) is 29.6 Å². The number of benzene rings is 1. The molecule has 0 bridgehead atoms. The lowest BCUT2D eigenvalue weighted by atomic mass is 10.1. The maximum atomic E-state index is 13.9. The third kappa shape index (κ3) is 2.19. The maximum absolute atomic E-state index is 13.9. The van der Waals surface area contributed by atoms with Gasteiger partial charge in [-0.05, 0) is 24.6 Å². The molecule has 2 N–H and O–H groups in total. The highest BCUT2D eigenvalue weighted by atomic mass is 19.1. The van der Waals surface area contributed by atoms with Gasteiger partial charge < -0.3 is 10.0 Å². The fourth-order valence-electron chi connectivity index (χ4n) is 1.89. The molecule has 1 aliphatic rings. The minimum atomic E-state index is -0.614. The number of amides is 2. The third-order valence-corrected chi connectivity index (χ3v) is 2.93. The zero-order chi connectivity index (χ0) is 13.3. The summed E-state index contributed by atoms with van der Waals surface area (Å²) in [6.07, 6.45) is 0. The fraction of sp³-hybridized carbons (Fsp3) is 0.333. The Balaban J connectivity index is 2.35. The van der Waals surface area contributed by atoms with Crippen molar-refractivity contribution in [3.63, 3.8) is 0 Å². The van der Waals surface area contributed by atoms with Gasteiger partial charge in [0.2, 0.25) is 11.8 Å². The van der Waals surface area contributed by atoms with Gasteiger partial charge in [-0.3, -0.25) is 14.9 Å². The number of carbonyl (C=O) groups excluding carboxylic acids is 2. The van der Waals surface area contributed by atoms with E-state index < -0.39 is 23.7 Å². The third-order valence-electron chi connectivity index (χ3n) is 2.93. The summed E-state index contributed by atoms with van der Waals surface area (Å²) in [5.41, 5.74) is 0.625. The second-order valence-electron chi connectivity index (χ2n) is 4.16. The number of aliphatic hydroxyl groups is 1. The van der Waals surface area contributed by atoms with Crippen LogP contribution in [0, 0.1) is 5.82 Å². The van der Waals surface area contributed by atoms with E-state index in [4.69, 9.17) is 5.11 Å². The van der Waals surface area contributed by atoms with E-state index in [0.29, 0.717) is 5.56 Å². The SMILES string of the molecule is CC1C(=O)NC(=O)CN1c1ccc(CO)cc1F. The number of aliphatic hydroxyl groups excluding tert-OH is 1. The van der Waals surface area contributed by atoms with E-state index in [1.54, 1.807) is 13.0 Å². The second-order valence-corrected chi connectivity index (χ2v) is 4.16. The van der Waals surface area contributed by atoms with Crippen LogP contribution in [-0.4, -0.2) is 29.5 Å². The number of piperazine rings is 1. The van der Waals surface area contributed by atoms with E-state index in [2.05, 4.69) is 5.32 Å². The van der Waals surface area contributed by atoms with Crippen LogP contribution in [0.2, 0.25) is 0 Å². The fourth-order valence-corrected chi connectivity index (χ4v) is 1.89. The first-order chi connectivity index (χ1) is 8.52. The van der Waals surface area contributed by atoms with Gasteiger partial charge in [0, 0.05) is 0 Å². The van der Waals surface area contributed by atoms with Crippen molar-refractivity contribution in [1.82, 2.24) is 5.32 Å². The minimum Gasteiger partial charge on any atom is -0.392 e. The molecule has 0 saturated carbocycles. The summed E-state index contributed by atoms with van der Waals surface area (Å²) in [5, 5.41) is 11.1. The molecule has 18 heavy (non-hydrogen) atoms. The van der Waals surface area contributed by atoms with Gasteiger partial charge >= 0.3 is 0 Å². The van der Waals surface area contributed by atoms with Crippen molar-refractivity contribution in [2.24, 2.45) is 0 Å². The van der Waals surface area contributed by atoms with Crippen molar-refractivity contribution in [2.75, 3.05) is 11.4 Å². The van der Waals surface area contributed by atoms with Crippen LogP contribution in [0.4, 0.5) is 10.1 Å². The summed E-state index contributed by atoms with van der Waals surface area (Å²) in [5.74, 6) is -1.46. The van der Waals surface area contributed by atoms with Gasteiger partial charge in [-0.15, -0.1) is 0 Å². The van der Waals surface area contributed by atoms with Crippen LogP contribution >= 0.6 is 0 Å². The van der Waals surface area contributed by atoms with Gasteiger partial charge in [0.05, 0.1) is 18.8 Å². The second kappa shape index (κ2) is 4.73. The van der Waals surface area contributed by atoms with Gasteiger partial charge in [-0.1, -0.05) is 6.07 Å². The Morgan fingerprint density at radius 3 is 2.83 bits per heavy atom. The van der Waals surface area contributed by atoms with E-state index in [1.807, 2.05) is 0 Å². The molecule has 96 valence electrons. The van der Waals surface area contributed by atoms with Crippen molar-refractivity contribution in [3.8, 4) is 0 Å². The molecule has 6 heteroatoms. The average molecular weight is 252 g/mol. The largest absolute Gasteiger partial charge is 0.392 e. The summed E-state index contributed by atoms with van der Waals surface area (Å²) in [7, 11) is 0. The van der Waals surface area contributed by atoms with Crippen molar-refractivity contribution in [2.45, 2.75) is 19.6 Å². The Morgan fingerprint density at radius 1 is 1.50 bits per heavy atom. The van der Waals surface area contributed by atoms with Crippen LogP contribution in [0.5, 0.6) is 0 Å². The Hall–Kier alpha value is -1.95. The number of carbonyl (C=O) groups is 2. The molecular weight excluding hydrogens is 239 g/mol. The molecule has 0 radical (unpaired) electrons. The Bertz CT molecular complexity index is 504. The molecule has 0 spiro atoms. The van der Waals surface area contributed by atoms with Crippen molar-refractivity contribution >= 4 is 17.5 Å². The van der Waals surface area contributed by atoms with Crippen LogP contribution < -0.4 is 10.2 Å². The van der Waals surface area contributed by atoms with Gasteiger partial charge in [-0.2, -0.15) is 0 Å². The smallest absolute Gasteiger partial charge is 0.249 e. The number of hydrogen-bond acceptors (Lipinski definition) is 4. The van der Waals surface area contributed by atoms with Crippen molar-refractivity contribution in [1.29, 1.82) is 0 Å². The topological polar surface area (TPSA) is 69.6 Å². The summed E-state index contributed by atoms with van der Waals surface area (Å²) >= 11 is 0. The zero-order valence-corrected chi connectivity index (χ0v) is 9.81. The van der Waals surface area contributed by atoms with E-state index in [-0.39, 0.29) is 18.8 Å². The number of rotatable bonds is 2. The highest BCUT2D eigenvalue weighted by Crippen LogP contribution is 2.23. The molecule has 0 aliphatic carbocycles. The van der Waals surface area contributed by atoms with Crippen LogP contribution in [0.25, 0.3) is 0 Å². The molecule has 1 saturated heterocycles. The van der Waals surface area contributed by atoms with Gasteiger partial charge in [0.1, 0.15) is 11.9 Å². The van der Waals surface area contributed by atoms with Crippen LogP contribution in [0.3, 0.4) is 0 Å². The maximum Gasteiger partial charge on any atom is 0.249 e. The minimum absolute atomic E-state index is 0.0672. The highest BCUT2D eigenvalue weighted by Gasteiger charge is 2.31. The first-order valence-electron chi connectivity index (χ1n) is 5.52. The number of nitrogens with one attached hydrogen (secondary N) is 1. The average Bonchev–Trinajstić information content (AvgIpc) is 2.34. The number of anilines is 1. The normalized spacial score (nSPS) is 19.9. The van der Waals surface area contributed by atoms with Gasteiger partial charge in [0.25, 0.3) is 0 Å². The lowest BCUT2D eigenvalue weighted by Gasteiger charge is -2.33. The first kappa shape index (κ1) is 12.5. The van der Waals surface area contributed by atoms with E-state index in [0.717, 1.165) is 0 Å². The number of nitrogens with zero attached hydrogens (tertiary/aromatic N) is 1. The Kier molecular flexibility index (Phi) is 3.29. The molecule has 2 amide bonds.